The zero-order chi connectivity index (χ0) is 9.57. The fourth-order valence-electron chi connectivity index (χ4n) is 2.15. The van der Waals surface area contributed by atoms with Gasteiger partial charge in [0.2, 0.25) is 0 Å². The predicted octanol–water partition coefficient (Wildman–Crippen LogP) is -0.247. The van der Waals surface area contributed by atoms with Crippen molar-refractivity contribution in [1.29, 1.82) is 0 Å². The molecule has 0 aromatic carbocycles. The number of piperidine rings is 1. The number of nitrogens with zero attached hydrogens (tertiary/aromatic N) is 1. The fraction of sp³-hybridized carbons (Fsp3) is 1.00. The maximum atomic E-state index is 9.86. The third kappa shape index (κ3) is 2.72. The van der Waals surface area contributed by atoms with Crippen LogP contribution >= 0.6 is 11.6 Å². The van der Waals surface area contributed by atoms with Gasteiger partial charge < -0.3 is 17.6 Å². The Kier molecular flexibility index (Phi) is 4.08. The average molecular weight is 228 g/mol. The highest BCUT2D eigenvalue weighted by Gasteiger charge is 2.44. The Balaban J connectivity index is 0. The molecule has 0 atom stereocenters. The smallest absolute Gasteiger partial charge is 1.00 e. The van der Waals surface area contributed by atoms with Crippen LogP contribution in [0.2, 0.25) is 0 Å². The number of hydrogen-bond acceptors (Lipinski definition) is 2. The molecule has 1 aliphatic heterocycles. The van der Waals surface area contributed by atoms with Crippen molar-refractivity contribution >= 4 is 11.6 Å². The highest BCUT2D eigenvalue weighted by Crippen LogP contribution is 2.38. The Labute approximate surface area is 93.1 Å². The Morgan fingerprint density at radius 2 is 1.54 bits per heavy atom. The monoisotopic (exact) mass is 227 g/mol. The minimum Gasteiger partial charge on any atom is -1.00 e. The fourth-order valence-corrected chi connectivity index (χ4v) is 2.90. The first-order valence-electron chi connectivity index (χ1n) is 4.39. The molecule has 1 heterocycles. The lowest BCUT2D eigenvalue weighted by Gasteiger charge is -2.50. The van der Waals surface area contributed by atoms with Crippen molar-refractivity contribution < 1.29 is 19.0 Å². The zero-order valence-electron chi connectivity index (χ0n) is 9.64. The molecule has 1 rings (SSSR count). The molecule has 0 aromatic heterocycles. The number of hydrogen-bond donors (Lipinski definition) is 1. The van der Waals surface area contributed by atoms with Crippen LogP contribution in [-0.2, 0) is 0 Å². The van der Waals surface area contributed by atoms with Crippen LogP contribution in [-0.4, -0.2) is 26.7 Å². The molecule has 0 aromatic rings. The van der Waals surface area contributed by atoms with Gasteiger partial charge in [-0.2, -0.15) is 5.06 Å². The molecule has 1 saturated heterocycles. The van der Waals surface area contributed by atoms with Crippen LogP contribution in [0.3, 0.4) is 0 Å². The molecular weight excluding hydrogens is 209 g/mol. The lowest BCUT2D eigenvalue weighted by molar-refractivity contribution is -0.240. The largest absolute Gasteiger partial charge is 1.00 e. The van der Waals surface area contributed by atoms with E-state index in [1.54, 1.807) is 0 Å². The molecule has 0 radical (unpaired) electrons. The highest BCUT2D eigenvalue weighted by molar-refractivity contribution is 6.20. The van der Waals surface area contributed by atoms with E-state index in [2.05, 4.69) is 0 Å². The average Bonchev–Trinajstić information content (AvgIpc) is 1.80. The van der Waals surface area contributed by atoms with Crippen LogP contribution in [0.4, 0.5) is 0 Å². The molecule has 0 saturated carbocycles. The first-order valence-corrected chi connectivity index (χ1v) is 4.83. The summed E-state index contributed by atoms with van der Waals surface area (Å²) >= 11 is 6.11. The second-order valence-electron chi connectivity index (χ2n) is 4.94. The van der Waals surface area contributed by atoms with E-state index in [1.807, 2.05) is 27.7 Å². The van der Waals surface area contributed by atoms with Gasteiger partial charge in [0, 0.05) is 16.5 Å². The third-order valence-electron chi connectivity index (χ3n) is 2.59. The summed E-state index contributed by atoms with van der Waals surface area (Å²) in [5.41, 5.74) is -0.400. The van der Waals surface area contributed by atoms with Gasteiger partial charge in [-0.05, 0) is 40.5 Å². The van der Waals surface area contributed by atoms with Crippen LogP contribution in [0.25, 0.3) is 0 Å². The van der Waals surface area contributed by atoms with Crippen LogP contribution in [0.1, 0.15) is 42.0 Å². The standard InChI is InChI=1S/C9H18ClNO.ClH/c1-8(2)5-7(10)6-9(3,4)11(8)12;/h7,12H,5-6H2,1-4H3;1H. The van der Waals surface area contributed by atoms with Crippen LogP contribution in [0.5, 0.6) is 0 Å². The first kappa shape index (κ1) is 13.5. The van der Waals surface area contributed by atoms with Gasteiger partial charge in [0.15, 0.2) is 0 Å². The summed E-state index contributed by atoms with van der Waals surface area (Å²) in [7, 11) is 0. The normalized spacial score (nSPS) is 28.2. The van der Waals surface area contributed by atoms with Gasteiger partial charge in [0.25, 0.3) is 0 Å². The van der Waals surface area contributed by atoms with Crippen molar-refractivity contribution in [3.63, 3.8) is 0 Å². The van der Waals surface area contributed by atoms with E-state index in [0.29, 0.717) is 0 Å². The van der Waals surface area contributed by atoms with Crippen molar-refractivity contribution in [2.45, 2.75) is 57.0 Å². The van der Waals surface area contributed by atoms with Gasteiger partial charge in [-0.1, -0.05) is 0 Å². The molecule has 1 fully saturated rings. The molecule has 0 spiro atoms. The molecular formula is C9H19Cl2NO. The SMILES string of the molecule is CC1(C)CC(Cl)CC(C)(C)N1O.[Cl-].[H+]. The van der Waals surface area contributed by atoms with Crippen molar-refractivity contribution in [2.24, 2.45) is 0 Å². The molecule has 1 N–H and O–H groups in total. The number of hydroxylamine groups is 2. The van der Waals surface area contributed by atoms with Gasteiger partial charge in [0.05, 0.1) is 0 Å². The summed E-state index contributed by atoms with van der Waals surface area (Å²) in [5, 5.41) is 11.5. The summed E-state index contributed by atoms with van der Waals surface area (Å²) in [6.45, 7) is 8.07. The number of alkyl halides is 1. The second kappa shape index (κ2) is 3.93. The maximum Gasteiger partial charge on any atom is 1.00 e. The Bertz CT molecular complexity index is 170. The van der Waals surface area contributed by atoms with Crippen molar-refractivity contribution in [3.05, 3.63) is 0 Å². The lowest BCUT2D eigenvalue weighted by atomic mass is 9.82. The quantitative estimate of drug-likeness (QED) is 0.578. The van der Waals surface area contributed by atoms with Gasteiger partial charge >= 0.3 is 1.43 Å². The molecule has 2 nitrogen and oxygen atoms in total. The Morgan fingerprint density at radius 3 is 1.85 bits per heavy atom. The van der Waals surface area contributed by atoms with Crippen molar-refractivity contribution in [1.82, 2.24) is 5.06 Å². The molecule has 80 valence electrons. The number of halogens is 2. The summed E-state index contributed by atoms with van der Waals surface area (Å²) in [6.07, 6.45) is 1.68. The van der Waals surface area contributed by atoms with Crippen molar-refractivity contribution in [3.8, 4) is 0 Å². The van der Waals surface area contributed by atoms with Crippen LogP contribution in [0, 0.1) is 0 Å². The lowest BCUT2D eigenvalue weighted by Crippen LogP contribution is -3.00. The Hall–Kier alpha value is 0.500. The van der Waals surface area contributed by atoms with E-state index in [0.717, 1.165) is 12.8 Å². The predicted molar refractivity (Wildman–Crippen MR) is 51.8 cm³/mol. The van der Waals surface area contributed by atoms with Crippen LogP contribution < -0.4 is 12.4 Å². The van der Waals surface area contributed by atoms with Gasteiger partial charge in [-0.15, -0.1) is 11.6 Å². The highest BCUT2D eigenvalue weighted by atomic mass is 35.5. The molecule has 0 bridgehead atoms. The Morgan fingerprint density at radius 1 is 1.23 bits per heavy atom. The van der Waals surface area contributed by atoms with E-state index in [4.69, 9.17) is 11.6 Å². The zero-order valence-corrected chi connectivity index (χ0v) is 10.2. The van der Waals surface area contributed by atoms with Crippen molar-refractivity contribution in [2.75, 3.05) is 0 Å². The van der Waals surface area contributed by atoms with E-state index < -0.39 is 0 Å². The summed E-state index contributed by atoms with van der Waals surface area (Å²) in [6, 6.07) is 0. The number of rotatable bonds is 0. The summed E-state index contributed by atoms with van der Waals surface area (Å²) in [5.74, 6) is 0. The van der Waals surface area contributed by atoms with E-state index in [-0.39, 0.29) is 30.3 Å². The maximum absolute atomic E-state index is 9.86. The van der Waals surface area contributed by atoms with E-state index in [9.17, 15) is 5.21 Å². The van der Waals surface area contributed by atoms with Gasteiger partial charge in [-0.3, -0.25) is 0 Å². The second-order valence-corrected chi connectivity index (χ2v) is 5.56. The van der Waals surface area contributed by atoms with Crippen LogP contribution in [0.15, 0.2) is 0 Å². The van der Waals surface area contributed by atoms with Gasteiger partial charge in [-0.25, -0.2) is 0 Å². The molecule has 0 aliphatic carbocycles. The van der Waals surface area contributed by atoms with E-state index >= 15 is 0 Å². The summed E-state index contributed by atoms with van der Waals surface area (Å²) in [4.78, 5) is 0. The molecule has 13 heavy (non-hydrogen) atoms. The molecule has 1 aliphatic rings. The molecule has 0 amide bonds. The minimum atomic E-state index is -0.200. The summed E-state index contributed by atoms with van der Waals surface area (Å²) < 4.78 is 0. The van der Waals surface area contributed by atoms with Gasteiger partial charge in [0.1, 0.15) is 0 Å². The molecule has 0 unspecified atom stereocenters. The third-order valence-corrected chi connectivity index (χ3v) is 2.90. The van der Waals surface area contributed by atoms with E-state index in [1.165, 1.54) is 5.06 Å². The minimum absolute atomic E-state index is 0. The topological polar surface area (TPSA) is 23.5 Å². The molecule has 4 heteroatoms. The first-order chi connectivity index (χ1) is 5.26.